The number of carboxylic acid groups (broad SMARTS) is 1. The molecule has 3 N–H and O–H groups in total. The van der Waals surface area contributed by atoms with E-state index < -0.39 is 23.7 Å². The molecular formula is C12H22N2O5. The average Bonchev–Trinajstić information content (AvgIpc) is 2.21. The second kappa shape index (κ2) is 7.60. The lowest BCUT2D eigenvalue weighted by molar-refractivity contribution is -0.139. The second-order valence-electron chi connectivity index (χ2n) is 5.03. The molecule has 0 aliphatic rings. The van der Waals surface area contributed by atoms with E-state index in [-0.39, 0.29) is 18.7 Å². The molecule has 0 rings (SSSR count). The molecule has 19 heavy (non-hydrogen) atoms. The number of rotatable bonds is 6. The Balaban J connectivity index is 4.31. The number of hydrogen-bond acceptors (Lipinski definition) is 4. The first kappa shape index (κ1) is 17.2. The summed E-state index contributed by atoms with van der Waals surface area (Å²) in [5.41, 5.74) is -0.702. The van der Waals surface area contributed by atoms with Crippen LogP contribution in [0.3, 0.4) is 0 Å². The first-order valence-corrected chi connectivity index (χ1v) is 6.14. The Morgan fingerprint density at radius 2 is 1.84 bits per heavy atom. The SMILES string of the molecule is CCNC(=O)CC[C@H](NC(=O)OC(C)(C)C)C(=O)O. The Labute approximate surface area is 112 Å². The van der Waals surface area contributed by atoms with Crippen LogP contribution >= 0.6 is 0 Å². The molecule has 2 amide bonds. The van der Waals surface area contributed by atoms with Crippen LogP contribution in [0.5, 0.6) is 0 Å². The van der Waals surface area contributed by atoms with Crippen LogP contribution in [0.2, 0.25) is 0 Å². The number of aliphatic carboxylic acids is 1. The number of ether oxygens (including phenoxy) is 1. The zero-order valence-corrected chi connectivity index (χ0v) is 11.8. The lowest BCUT2D eigenvalue weighted by Crippen LogP contribution is -2.44. The minimum Gasteiger partial charge on any atom is -0.480 e. The summed E-state index contributed by atoms with van der Waals surface area (Å²) in [6.07, 6.45) is -0.767. The highest BCUT2D eigenvalue weighted by Crippen LogP contribution is 2.07. The zero-order chi connectivity index (χ0) is 15.1. The van der Waals surface area contributed by atoms with Gasteiger partial charge >= 0.3 is 12.1 Å². The van der Waals surface area contributed by atoms with Crippen molar-refractivity contribution in [3.05, 3.63) is 0 Å². The Kier molecular flexibility index (Phi) is 6.89. The minimum absolute atomic E-state index is 0.0143. The molecule has 0 spiro atoms. The molecule has 110 valence electrons. The van der Waals surface area contributed by atoms with Gasteiger partial charge in [-0.15, -0.1) is 0 Å². The summed E-state index contributed by atoms with van der Waals surface area (Å²) in [7, 11) is 0. The number of nitrogens with one attached hydrogen (secondary N) is 2. The lowest BCUT2D eigenvalue weighted by Gasteiger charge is -2.21. The number of hydrogen-bond donors (Lipinski definition) is 3. The van der Waals surface area contributed by atoms with E-state index in [1.165, 1.54) is 0 Å². The van der Waals surface area contributed by atoms with E-state index in [0.717, 1.165) is 0 Å². The average molecular weight is 274 g/mol. The van der Waals surface area contributed by atoms with E-state index in [2.05, 4.69) is 10.6 Å². The molecule has 0 saturated carbocycles. The van der Waals surface area contributed by atoms with E-state index in [4.69, 9.17) is 9.84 Å². The van der Waals surface area contributed by atoms with Crippen LogP contribution in [0, 0.1) is 0 Å². The summed E-state index contributed by atoms with van der Waals surface area (Å²) in [5.74, 6) is -1.45. The summed E-state index contributed by atoms with van der Waals surface area (Å²) in [5, 5.41) is 13.7. The van der Waals surface area contributed by atoms with Crippen molar-refractivity contribution in [1.82, 2.24) is 10.6 Å². The van der Waals surface area contributed by atoms with Gasteiger partial charge < -0.3 is 20.5 Å². The van der Waals surface area contributed by atoms with Gasteiger partial charge in [0.15, 0.2) is 0 Å². The molecule has 0 unspecified atom stereocenters. The van der Waals surface area contributed by atoms with Gasteiger partial charge in [0.2, 0.25) is 5.91 Å². The molecule has 0 aliphatic carbocycles. The largest absolute Gasteiger partial charge is 0.480 e. The third-order valence-electron chi connectivity index (χ3n) is 2.02. The molecule has 0 fully saturated rings. The first-order chi connectivity index (χ1) is 8.65. The molecule has 0 aromatic heterocycles. The predicted molar refractivity (Wildman–Crippen MR) is 68.7 cm³/mol. The molecule has 0 saturated heterocycles. The van der Waals surface area contributed by atoms with Crippen LogP contribution in [0.1, 0.15) is 40.5 Å². The van der Waals surface area contributed by atoms with Gasteiger partial charge in [0.25, 0.3) is 0 Å². The van der Waals surface area contributed by atoms with Gasteiger partial charge in [-0.25, -0.2) is 9.59 Å². The number of amides is 2. The van der Waals surface area contributed by atoms with Crippen LogP contribution in [-0.4, -0.2) is 41.3 Å². The Morgan fingerprint density at radius 1 is 1.26 bits per heavy atom. The van der Waals surface area contributed by atoms with Gasteiger partial charge in [0.1, 0.15) is 11.6 Å². The summed E-state index contributed by atoms with van der Waals surface area (Å²) in [4.78, 5) is 33.7. The molecule has 0 heterocycles. The van der Waals surface area contributed by atoms with Crippen molar-refractivity contribution in [3.63, 3.8) is 0 Å². The van der Waals surface area contributed by atoms with Crippen LogP contribution < -0.4 is 10.6 Å². The smallest absolute Gasteiger partial charge is 0.408 e. The molecule has 0 aromatic rings. The van der Waals surface area contributed by atoms with Crippen molar-refractivity contribution in [2.45, 2.75) is 52.2 Å². The van der Waals surface area contributed by atoms with Gasteiger partial charge in [-0.05, 0) is 34.1 Å². The van der Waals surface area contributed by atoms with Crippen molar-refractivity contribution >= 4 is 18.0 Å². The maximum Gasteiger partial charge on any atom is 0.408 e. The third kappa shape index (κ3) is 8.87. The molecular weight excluding hydrogens is 252 g/mol. The van der Waals surface area contributed by atoms with Crippen molar-refractivity contribution in [2.75, 3.05) is 6.54 Å². The molecule has 0 radical (unpaired) electrons. The minimum atomic E-state index is -1.20. The van der Waals surface area contributed by atoms with Gasteiger partial charge in [-0.1, -0.05) is 0 Å². The van der Waals surface area contributed by atoms with E-state index in [1.807, 2.05) is 0 Å². The Hall–Kier alpha value is -1.79. The summed E-state index contributed by atoms with van der Waals surface area (Å²) in [6, 6.07) is -1.14. The molecule has 1 atom stereocenters. The van der Waals surface area contributed by atoms with E-state index in [0.29, 0.717) is 6.54 Å². The Bertz CT molecular complexity index is 336. The number of carbonyl (C=O) groups excluding carboxylic acids is 2. The molecule has 0 aliphatic heterocycles. The van der Waals surface area contributed by atoms with Crippen molar-refractivity contribution in [3.8, 4) is 0 Å². The van der Waals surface area contributed by atoms with Gasteiger partial charge in [0, 0.05) is 13.0 Å². The molecule has 7 nitrogen and oxygen atoms in total. The third-order valence-corrected chi connectivity index (χ3v) is 2.02. The lowest BCUT2D eigenvalue weighted by atomic mass is 10.1. The quantitative estimate of drug-likeness (QED) is 0.667. The highest BCUT2D eigenvalue weighted by atomic mass is 16.6. The first-order valence-electron chi connectivity index (χ1n) is 6.14. The van der Waals surface area contributed by atoms with Crippen molar-refractivity contribution in [1.29, 1.82) is 0 Å². The predicted octanol–water partition coefficient (Wildman–Crippen LogP) is 0.881. The number of carboxylic acids is 1. The van der Waals surface area contributed by atoms with Crippen LogP contribution in [-0.2, 0) is 14.3 Å². The van der Waals surface area contributed by atoms with Gasteiger partial charge in [-0.2, -0.15) is 0 Å². The van der Waals surface area contributed by atoms with Crippen molar-refractivity contribution in [2.24, 2.45) is 0 Å². The molecule has 7 heteroatoms. The summed E-state index contributed by atoms with van der Waals surface area (Å²) >= 11 is 0. The topological polar surface area (TPSA) is 105 Å². The fraction of sp³-hybridized carbons (Fsp3) is 0.750. The van der Waals surface area contributed by atoms with Gasteiger partial charge in [0.05, 0.1) is 0 Å². The van der Waals surface area contributed by atoms with E-state index in [1.54, 1.807) is 27.7 Å². The Morgan fingerprint density at radius 3 is 2.26 bits per heavy atom. The highest BCUT2D eigenvalue weighted by molar-refractivity contribution is 5.81. The maximum absolute atomic E-state index is 11.4. The van der Waals surface area contributed by atoms with Crippen molar-refractivity contribution < 1.29 is 24.2 Å². The van der Waals surface area contributed by atoms with Crippen LogP contribution in [0.4, 0.5) is 4.79 Å². The number of alkyl carbamates (subject to hydrolysis) is 1. The summed E-state index contributed by atoms with van der Waals surface area (Å²) < 4.78 is 4.96. The highest BCUT2D eigenvalue weighted by Gasteiger charge is 2.24. The summed E-state index contributed by atoms with van der Waals surface area (Å²) in [6.45, 7) is 7.28. The standard InChI is InChI=1S/C12H22N2O5/c1-5-13-9(15)7-6-8(10(16)17)14-11(18)19-12(2,3)4/h8H,5-7H2,1-4H3,(H,13,15)(H,14,18)(H,16,17)/t8-/m0/s1. The zero-order valence-electron chi connectivity index (χ0n) is 11.8. The fourth-order valence-electron chi connectivity index (χ4n) is 1.27. The molecule has 0 aromatic carbocycles. The molecule has 0 bridgehead atoms. The normalized spacial score (nSPS) is 12.4. The maximum atomic E-state index is 11.4. The fourth-order valence-corrected chi connectivity index (χ4v) is 1.27. The van der Waals surface area contributed by atoms with E-state index in [9.17, 15) is 14.4 Å². The van der Waals surface area contributed by atoms with Crippen LogP contribution in [0.15, 0.2) is 0 Å². The van der Waals surface area contributed by atoms with Gasteiger partial charge in [-0.3, -0.25) is 4.79 Å². The number of carbonyl (C=O) groups is 3. The van der Waals surface area contributed by atoms with E-state index >= 15 is 0 Å². The second-order valence-corrected chi connectivity index (χ2v) is 5.03. The van der Waals surface area contributed by atoms with Crippen LogP contribution in [0.25, 0.3) is 0 Å². The monoisotopic (exact) mass is 274 g/mol.